The molecule has 2 atom stereocenters. The summed E-state index contributed by atoms with van der Waals surface area (Å²) in [5, 5.41) is 20.0. The van der Waals surface area contributed by atoms with Crippen LogP contribution in [-0.2, 0) is 91.6 Å². The second-order valence-electron chi connectivity index (χ2n) is 18.2. The predicted molar refractivity (Wildman–Crippen MR) is 223 cm³/mol. The Morgan fingerprint density at radius 3 is 1.31 bits per heavy atom. The van der Waals surface area contributed by atoms with Gasteiger partial charge < -0.3 is 19.0 Å². The van der Waals surface area contributed by atoms with Gasteiger partial charge in [0.2, 0.25) is 0 Å². The van der Waals surface area contributed by atoms with Crippen LogP contribution >= 0.6 is 0 Å². The molecule has 2 saturated carbocycles. The molecule has 312 valence electrons. The number of rotatable bonds is 16. The van der Waals surface area contributed by atoms with E-state index in [2.05, 4.69) is 24.3 Å². The van der Waals surface area contributed by atoms with Gasteiger partial charge in [-0.25, -0.2) is 18.0 Å². The number of aliphatic hydroxyl groups is 2. The minimum Gasteiger partial charge on any atom is -0.454 e. The zero-order valence-electron chi connectivity index (χ0n) is 34.2. The van der Waals surface area contributed by atoms with Crippen LogP contribution in [0, 0.1) is 21.4 Å². The van der Waals surface area contributed by atoms with Crippen molar-refractivity contribution < 1.29 is 37.1 Å². The first kappa shape index (κ1) is 42.3. The fourth-order valence-electron chi connectivity index (χ4n) is 8.39. The average molecular weight is 831 g/mol. The van der Waals surface area contributed by atoms with Gasteiger partial charge in [0.1, 0.15) is 19.5 Å². The molecule has 58 heavy (non-hydrogen) atoms. The van der Waals surface area contributed by atoms with Gasteiger partial charge in [0.15, 0.2) is 21.8 Å². The first-order valence-corrected chi connectivity index (χ1v) is 24.2. The van der Waals surface area contributed by atoms with Crippen LogP contribution in [0.2, 0.25) is 0 Å². The lowest BCUT2D eigenvalue weighted by atomic mass is 9.75. The average Bonchev–Trinajstić information content (AvgIpc) is 3.76. The lowest BCUT2D eigenvalue weighted by Crippen LogP contribution is -2.23. The Balaban J connectivity index is 0.000000177. The molecule has 0 amide bonds. The van der Waals surface area contributed by atoms with Crippen molar-refractivity contribution >= 4 is 31.0 Å². The molecule has 4 aliphatic carbocycles. The van der Waals surface area contributed by atoms with Gasteiger partial charge in [0.25, 0.3) is 0 Å². The summed E-state index contributed by atoms with van der Waals surface area (Å²) < 4.78 is 52.8. The molecule has 2 fully saturated rings. The second-order valence-corrected chi connectivity index (χ2v) is 22.3. The number of nitrogens with one attached hydrogen (secondary N) is 2. The van der Waals surface area contributed by atoms with Crippen molar-refractivity contribution in [1.29, 1.82) is 9.56 Å². The van der Waals surface area contributed by atoms with Crippen LogP contribution in [0.3, 0.4) is 0 Å². The predicted octanol–water partition coefficient (Wildman–Crippen LogP) is 8.33. The van der Waals surface area contributed by atoms with E-state index < -0.39 is 30.7 Å². The molecule has 8 rings (SSSR count). The molecular weight excluding hydrogens is 773 g/mol. The molecular formula is C46H58N2O8S2. The zero-order valence-corrected chi connectivity index (χ0v) is 35.9. The largest absolute Gasteiger partial charge is 0.454 e. The molecule has 10 nitrogen and oxygen atoms in total. The molecule has 2 aromatic heterocycles. The van der Waals surface area contributed by atoms with Gasteiger partial charge in [-0.2, -0.15) is 0 Å². The van der Waals surface area contributed by atoms with Crippen LogP contribution < -0.4 is 0 Å². The number of hydrogen-bond acceptors (Lipinski definition) is 10. The van der Waals surface area contributed by atoms with Gasteiger partial charge >= 0.3 is 0 Å². The third-order valence-corrected chi connectivity index (χ3v) is 15.9. The number of carbonyl (C=O) groups is 2. The maximum Gasteiger partial charge on any atom is 0.199 e. The highest BCUT2D eigenvalue weighted by Gasteiger charge is 2.30. The van der Waals surface area contributed by atoms with Crippen LogP contribution in [0.5, 0.6) is 0 Å². The first-order chi connectivity index (χ1) is 27.3. The number of benzene rings is 2. The Bertz CT molecular complexity index is 2250. The minimum atomic E-state index is -3.38. The zero-order chi connectivity index (χ0) is 41.6. The second kappa shape index (κ2) is 16.3. The Labute approximate surface area is 343 Å². The Morgan fingerprint density at radius 2 is 1.03 bits per heavy atom. The SMILES string of the molecule is CC(C)(O)c1coc([S@@](=N)(=O)CC(=O)Cc2c(CC3CCC3)ccc3c2CC3)c1.CC(C)(O)c1coc([S@](=N)(=O)CC(=O)Cc2c(CC3CCC3)ccc3c2CC3)c1. The number of hydrogen-bond donors (Lipinski definition) is 4. The summed E-state index contributed by atoms with van der Waals surface area (Å²) in [5.74, 6) is 0.315. The standard InChI is InChI=1S/2C23H29NO4S/c2*1-23(2,26)18-11-22(28-13-18)29(24,27)14-19(25)12-21-17(10-15-4-3-5-15)7-6-16-8-9-20(16)21/h2*6-7,11,13,15,24,26H,3-5,8-10,12,14H2,1-2H3/t2*29-/m10/s1. The van der Waals surface area contributed by atoms with Crippen LogP contribution in [0.4, 0.5) is 0 Å². The fourth-order valence-corrected chi connectivity index (χ4v) is 10.8. The smallest absolute Gasteiger partial charge is 0.199 e. The van der Waals surface area contributed by atoms with E-state index >= 15 is 0 Å². The fraction of sp³-hybridized carbons (Fsp3) is 0.522. The molecule has 4 aromatic rings. The van der Waals surface area contributed by atoms with E-state index in [1.54, 1.807) is 27.7 Å². The van der Waals surface area contributed by atoms with Crippen molar-refractivity contribution in [3.8, 4) is 0 Å². The highest BCUT2D eigenvalue weighted by Crippen LogP contribution is 2.37. The van der Waals surface area contributed by atoms with Crippen molar-refractivity contribution in [3.63, 3.8) is 0 Å². The van der Waals surface area contributed by atoms with Crippen LogP contribution in [0.15, 0.2) is 67.9 Å². The first-order valence-electron chi connectivity index (χ1n) is 20.7. The highest BCUT2D eigenvalue weighted by molar-refractivity contribution is 7.93. The van der Waals surface area contributed by atoms with Gasteiger partial charge in [-0.1, -0.05) is 62.8 Å². The molecule has 0 bridgehead atoms. The van der Waals surface area contributed by atoms with Crippen molar-refractivity contribution in [1.82, 2.24) is 0 Å². The summed E-state index contributed by atoms with van der Waals surface area (Å²) in [7, 11) is -6.76. The minimum absolute atomic E-state index is 0.0428. The molecule has 0 aliphatic heterocycles. The summed E-state index contributed by atoms with van der Waals surface area (Å²) >= 11 is 0. The quantitative estimate of drug-likeness (QED) is 0.0869. The van der Waals surface area contributed by atoms with Gasteiger partial charge in [0, 0.05) is 36.1 Å². The monoisotopic (exact) mass is 830 g/mol. The molecule has 0 saturated heterocycles. The lowest BCUT2D eigenvalue weighted by Gasteiger charge is -2.30. The normalized spacial score (nSPS) is 18.4. The van der Waals surface area contributed by atoms with Gasteiger partial charge in [-0.15, -0.1) is 0 Å². The van der Waals surface area contributed by atoms with E-state index in [4.69, 9.17) is 18.4 Å². The van der Waals surface area contributed by atoms with Crippen molar-refractivity contribution in [2.24, 2.45) is 11.8 Å². The van der Waals surface area contributed by atoms with E-state index in [9.17, 15) is 28.2 Å². The molecule has 0 spiro atoms. The van der Waals surface area contributed by atoms with E-state index in [-0.39, 0.29) is 46.1 Å². The number of carbonyl (C=O) groups excluding carboxylic acids is 2. The third kappa shape index (κ3) is 9.46. The van der Waals surface area contributed by atoms with Crippen LogP contribution in [0.25, 0.3) is 0 Å². The van der Waals surface area contributed by atoms with E-state index in [1.165, 1.54) is 96.6 Å². The lowest BCUT2D eigenvalue weighted by molar-refractivity contribution is -0.116. The van der Waals surface area contributed by atoms with Gasteiger partial charge in [-0.3, -0.25) is 9.59 Å². The topological polar surface area (TPSA) is 183 Å². The van der Waals surface area contributed by atoms with Crippen LogP contribution in [-0.4, -0.2) is 41.7 Å². The highest BCUT2D eigenvalue weighted by atomic mass is 32.2. The van der Waals surface area contributed by atoms with Crippen LogP contribution in [0.1, 0.15) is 122 Å². The molecule has 4 aliphatic rings. The molecule has 0 unspecified atom stereocenters. The Kier molecular flexibility index (Phi) is 11.9. The molecule has 2 heterocycles. The van der Waals surface area contributed by atoms with E-state index in [0.29, 0.717) is 23.0 Å². The number of Topliss-reactive ketones (excluding diaryl/α,β-unsaturated/α-hetero) is 2. The third-order valence-electron chi connectivity index (χ3n) is 12.7. The van der Waals surface area contributed by atoms with E-state index in [1.807, 2.05) is 0 Å². The number of aryl methyl sites for hydroxylation is 2. The Morgan fingerprint density at radius 1 is 0.655 bits per heavy atom. The van der Waals surface area contributed by atoms with Crippen molar-refractivity contribution in [2.45, 2.75) is 139 Å². The van der Waals surface area contributed by atoms with Gasteiger partial charge in [0.05, 0.1) is 35.2 Å². The summed E-state index contributed by atoms with van der Waals surface area (Å²) in [6.45, 7) is 6.37. The number of fused-ring (bicyclic) bond motifs is 2. The van der Waals surface area contributed by atoms with E-state index in [0.717, 1.165) is 49.7 Å². The maximum absolute atomic E-state index is 12.9. The molecule has 4 N–H and O–H groups in total. The van der Waals surface area contributed by atoms with Crippen molar-refractivity contribution in [2.75, 3.05) is 11.5 Å². The molecule has 12 heteroatoms. The van der Waals surface area contributed by atoms with Gasteiger partial charge in [-0.05, 0) is 123 Å². The summed E-state index contributed by atoms with van der Waals surface area (Å²) in [5.41, 5.74) is 8.53. The number of ketones is 2. The summed E-state index contributed by atoms with van der Waals surface area (Å²) in [6.07, 6.45) is 16.8. The summed E-state index contributed by atoms with van der Waals surface area (Å²) in [4.78, 5) is 25.6. The Hall–Kier alpha value is -3.84. The number of furan rings is 2. The van der Waals surface area contributed by atoms with Crippen molar-refractivity contribution in [3.05, 3.63) is 105 Å². The summed E-state index contributed by atoms with van der Waals surface area (Å²) in [6, 6.07) is 11.6. The molecule has 0 radical (unpaired) electrons. The molecule has 2 aromatic carbocycles. The maximum atomic E-state index is 12.9.